The highest BCUT2D eigenvalue weighted by atomic mass is 32.1. The number of hydrogen-bond acceptors (Lipinski definition) is 6. The maximum atomic E-state index is 13.6. The Morgan fingerprint density at radius 2 is 2.06 bits per heavy atom. The molecule has 5 nitrogen and oxygen atoms in total. The van der Waals surface area contributed by atoms with Crippen molar-refractivity contribution in [1.29, 1.82) is 0 Å². The van der Waals surface area contributed by atoms with Crippen LogP contribution < -0.4 is 5.43 Å². The fourth-order valence-corrected chi connectivity index (χ4v) is 5.67. The number of likely N-dealkylation sites (tertiary alicyclic amines) is 1. The van der Waals surface area contributed by atoms with E-state index in [-0.39, 0.29) is 11.2 Å². The van der Waals surface area contributed by atoms with Gasteiger partial charge in [0.25, 0.3) is 0 Å². The molecule has 0 aliphatic carbocycles. The molecular weight excluding hydrogens is 408 g/mol. The number of aromatic nitrogens is 1. The monoisotopic (exact) mass is 434 g/mol. The van der Waals surface area contributed by atoms with Gasteiger partial charge in [0.2, 0.25) is 5.43 Å². The number of piperidine rings is 1. The van der Waals surface area contributed by atoms with Crippen molar-refractivity contribution in [2.45, 2.75) is 52.6 Å². The molecule has 0 saturated carbocycles. The number of aryl methyl sites for hydroxylation is 2. The molecule has 1 saturated heterocycles. The van der Waals surface area contributed by atoms with Crippen LogP contribution in [0.3, 0.4) is 0 Å². The Bertz CT molecular complexity index is 1320. The number of nitrogens with zero attached hydrogens (tertiary/aromatic N) is 2. The number of aromatic hydroxyl groups is 1. The topological polar surface area (TPSA) is 66.6 Å². The summed E-state index contributed by atoms with van der Waals surface area (Å²) in [5, 5.41) is 12.1. The molecule has 2 aromatic heterocycles. The minimum absolute atomic E-state index is 0.0890. The van der Waals surface area contributed by atoms with E-state index in [1.54, 1.807) is 6.92 Å². The van der Waals surface area contributed by atoms with Crippen molar-refractivity contribution in [2.75, 3.05) is 6.54 Å². The molecule has 6 heteroatoms. The van der Waals surface area contributed by atoms with E-state index in [4.69, 9.17) is 4.42 Å². The molecule has 1 atom stereocenters. The lowest BCUT2D eigenvalue weighted by atomic mass is 9.99. The summed E-state index contributed by atoms with van der Waals surface area (Å²) >= 11 is 1.50. The summed E-state index contributed by atoms with van der Waals surface area (Å²) in [5.41, 5.74) is 3.16. The highest BCUT2D eigenvalue weighted by molar-refractivity contribution is 7.21. The van der Waals surface area contributed by atoms with Crippen molar-refractivity contribution in [1.82, 2.24) is 9.88 Å². The van der Waals surface area contributed by atoms with Crippen molar-refractivity contribution in [2.24, 2.45) is 0 Å². The molecule has 0 amide bonds. The van der Waals surface area contributed by atoms with E-state index in [1.165, 1.54) is 24.2 Å². The van der Waals surface area contributed by atoms with Gasteiger partial charge in [0.05, 0.1) is 21.2 Å². The fraction of sp³-hybridized carbons (Fsp3) is 0.360. The lowest BCUT2D eigenvalue weighted by Crippen LogP contribution is -2.36. The van der Waals surface area contributed by atoms with Crippen LogP contribution in [0, 0.1) is 13.8 Å². The van der Waals surface area contributed by atoms with Crippen LogP contribution in [0.15, 0.2) is 39.5 Å². The number of phenolic OH excluding ortho intramolecular Hbond substituents is 1. The van der Waals surface area contributed by atoms with Gasteiger partial charge in [-0.15, -0.1) is 11.3 Å². The molecule has 3 heterocycles. The lowest BCUT2D eigenvalue weighted by Gasteiger charge is -2.33. The van der Waals surface area contributed by atoms with Gasteiger partial charge in [-0.25, -0.2) is 4.98 Å². The second kappa shape index (κ2) is 7.77. The van der Waals surface area contributed by atoms with Crippen LogP contribution in [0.4, 0.5) is 0 Å². The standard InChI is InChI=1S/C25H26N2O3S/c1-14-8-6-7-11-27(14)13-17-12-18-23(29)21(16(3)30-24(18)15(2)22(17)28)25-26-19-9-4-5-10-20(19)31-25/h4-5,9-10,12,14,28H,6-8,11,13H2,1-3H3. The van der Waals surface area contributed by atoms with Crippen molar-refractivity contribution in [3.05, 3.63) is 57.4 Å². The normalized spacial score (nSPS) is 17.6. The second-order valence-electron chi connectivity index (χ2n) is 8.55. The number of benzene rings is 2. The third-order valence-corrected chi connectivity index (χ3v) is 7.52. The Labute approximate surface area is 185 Å². The number of rotatable bonds is 3. The zero-order valence-electron chi connectivity index (χ0n) is 18.1. The molecule has 0 radical (unpaired) electrons. The Morgan fingerprint density at radius 3 is 2.84 bits per heavy atom. The maximum absolute atomic E-state index is 13.6. The number of phenols is 1. The minimum atomic E-state index is -0.0890. The lowest BCUT2D eigenvalue weighted by molar-refractivity contribution is 0.151. The van der Waals surface area contributed by atoms with Crippen LogP contribution in [0.1, 0.15) is 43.1 Å². The van der Waals surface area contributed by atoms with Gasteiger partial charge in [-0.3, -0.25) is 9.69 Å². The Morgan fingerprint density at radius 1 is 1.26 bits per heavy atom. The summed E-state index contributed by atoms with van der Waals surface area (Å²) in [7, 11) is 0. The molecule has 0 spiro atoms. The smallest absolute Gasteiger partial charge is 0.203 e. The summed E-state index contributed by atoms with van der Waals surface area (Å²) in [4.78, 5) is 20.7. The molecule has 31 heavy (non-hydrogen) atoms. The molecule has 0 bridgehead atoms. The van der Waals surface area contributed by atoms with Gasteiger partial charge in [-0.1, -0.05) is 18.6 Å². The van der Waals surface area contributed by atoms with Crippen LogP contribution in [-0.4, -0.2) is 27.6 Å². The van der Waals surface area contributed by atoms with Gasteiger partial charge in [0.15, 0.2) is 0 Å². The van der Waals surface area contributed by atoms with Crippen molar-refractivity contribution in [3.63, 3.8) is 0 Å². The number of thiazole rings is 1. The average Bonchev–Trinajstić information content (AvgIpc) is 3.18. The van der Waals surface area contributed by atoms with E-state index in [9.17, 15) is 9.90 Å². The van der Waals surface area contributed by atoms with E-state index in [2.05, 4.69) is 16.8 Å². The first kappa shape index (κ1) is 20.2. The summed E-state index contributed by atoms with van der Waals surface area (Å²) < 4.78 is 7.13. The number of hydrogen-bond donors (Lipinski definition) is 1. The van der Waals surface area contributed by atoms with Gasteiger partial charge in [-0.05, 0) is 58.4 Å². The number of para-hydroxylation sites is 1. The van der Waals surface area contributed by atoms with Crippen LogP contribution in [0.25, 0.3) is 31.8 Å². The molecule has 1 fully saturated rings. The highest BCUT2D eigenvalue weighted by Crippen LogP contribution is 2.36. The van der Waals surface area contributed by atoms with Gasteiger partial charge in [-0.2, -0.15) is 0 Å². The molecule has 1 aliphatic heterocycles. The third kappa shape index (κ3) is 3.44. The van der Waals surface area contributed by atoms with E-state index in [0.717, 1.165) is 28.7 Å². The van der Waals surface area contributed by atoms with Crippen molar-refractivity contribution < 1.29 is 9.52 Å². The maximum Gasteiger partial charge on any atom is 0.203 e. The summed E-state index contributed by atoms with van der Waals surface area (Å²) in [6.45, 7) is 7.49. The van der Waals surface area contributed by atoms with E-state index in [0.29, 0.717) is 45.5 Å². The first-order chi connectivity index (χ1) is 14.9. The van der Waals surface area contributed by atoms with Gasteiger partial charge in [0, 0.05) is 23.7 Å². The van der Waals surface area contributed by atoms with E-state index >= 15 is 0 Å². The molecule has 4 aromatic rings. The Hall–Kier alpha value is -2.70. The third-order valence-electron chi connectivity index (χ3n) is 6.46. The molecule has 1 unspecified atom stereocenters. The molecule has 2 aromatic carbocycles. The molecular formula is C25H26N2O3S. The predicted molar refractivity (Wildman–Crippen MR) is 126 cm³/mol. The zero-order chi connectivity index (χ0) is 21.7. The molecule has 1 aliphatic rings. The molecule has 5 rings (SSSR count). The largest absolute Gasteiger partial charge is 0.507 e. The van der Waals surface area contributed by atoms with Crippen LogP contribution in [-0.2, 0) is 6.54 Å². The minimum Gasteiger partial charge on any atom is -0.507 e. The number of fused-ring (bicyclic) bond motifs is 2. The van der Waals surface area contributed by atoms with E-state index in [1.807, 2.05) is 37.3 Å². The summed E-state index contributed by atoms with van der Waals surface area (Å²) in [5.74, 6) is 0.747. The molecule has 1 N–H and O–H groups in total. The first-order valence-corrected chi connectivity index (χ1v) is 11.6. The van der Waals surface area contributed by atoms with Crippen LogP contribution >= 0.6 is 11.3 Å². The van der Waals surface area contributed by atoms with Crippen molar-refractivity contribution in [3.8, 4) is 16.3 Å². The Balaban J connectivity index is 1.67. The van der Waals surface area contributed by atoms with Gasteiger partial charge in [0.1, 0.15) is 22.1 Å². The highest BCUT2D eigenvalue weighted by Gasteiger charge is 2.24. The van der Waals surface area contributed by atoms with Gasteiger partial charge < -0.3 is 9.52 Å². The zero-order valence-corrected chi connectivity index (χ0v) is 18.9. The summed E-state index contributed by atoms with van der Waals surface area (Å²) in [6, 6.07) is 10.2. The Kier molecular flexibility index (Phi) is 5.07. The van der Waals surface area contributed by atoms with Gasteiger partial charge >= 0.3 is 0 Å². The quantitative estimate of drug-likeness (QED) is 0.444. The van der Waals surface area contributed by atoms with E-state index < -0.39 is 0 Å². The molecule has 160 valence electrons. The SMILES string of the molecule is Cc1oc2c(C)c(O)c(CN3CCCCC3C)cc2c(=O)c1-c1nc2ccccc2s1. The van der Waals surface area contributed by atoms with Crippen molar-refractivity contribution >= 4 is 32.5 Å². The van der Waals surface area contributed by atoms with Crippen LogP contribution in [0.5, 0.6) is 5.75 Å². The first-order valence-electron chi connectivity index (χ1n) is 10.8. The van der Waals surface area contributed by atoms with Crippen LogP contribution in [0.2, 0.25) is 0 Å². The second-order valence-corrected chi connectivity index (χ2v) is 9.58. The fourth-order valence-electron chi connectivity index (χ4n) is 4.62. The predicted octanol–water partition coefficient (Wildman–Crippen LogP) is 5.77. The average molecular weight is 435 g/mol. The summed E-state index contributed by atoms with van der Waals surface area (Å²) in [6.07, 6.45) is 3.58.